The Bertz CT molecular complexity index is 782. The monoisotopic (exact) mass is 357 g/mol. The number of hydrogen-bond acceptors (Lipinski definition) is 4. The minimum Gasteiger partial charge on any atom is -0.493 e. The van der Waals surface area contributed by atoms with Crippen molar-refractivity contribution >= 4 is 0 Å². The summed E-state index contributed by atoms with van der Waals surface area (Å²) in [5.74, 6) is 2.15. The molecule has 0 unspecified atom stereocenters. The maximum atomic E-state index is 13.3. The third-order valence-electron chi connectivity index (χ3n) is 5.52. The van der Waals surface area contributed by atoms with Crippen LogP contribution in [0.4, 0.5) is 4.39 Å². The van der Waals surface area contributed by atoms with Crippen molar-refractivity contribution in [3.8, 4) is 11.5 Å². The fourth-order valence-corrected chi connectivity index (χ4v) is 4.07. The van der Waals surface area contributed by atoms with Gasteiger partial charge in [-0.15, -0.1) is 0 Å². The van der Waals surface area contributed by atoms with E-state index in [1.54, 1.807) is 13.2 Å². The van der Waals surface area contributed by atoms with Crippen LogP contribution in [-0.2, 0) is 13.2 Å². The number of hydrogen-bond donors (Lipinski definition) is 1. The topological polar surface area (TPSA) is 41.9 Å². The van der Waals surface area contributed by atoms with Crippen LogP contribution in [0.3, 0.4) is 0 Å². The Morgan fingerprint density at radius 2 is 2.00 bits per heavy atom. The maximum Gasteiger partial charge on any atom is 0.161 e. The van der Waals surface area contributed by atoms with E-state index in [-0.39, 0.29) is 18.5 Å². The van der Waals surface area contributed by atoms with Gasteiger partial charge in [-0.3, -0.25) is 4.90 Å². The fourth-order valence-electron chi connectivity index (χ4n) is 4.07. The van der Waals surface area contributed by atoms with E-state index < -0.39 is 0 Å². The molecule has 1 aliphatic carbocycles. The second kappa shape index (κ2) is 7.25. The summed E-state index contributed by atoms with van der Waals surface area (Å²) in [4.78, 5) is 2.39. The lowest BCUT2D eigenvalue weighted by Crippen LogP contribution is -2.39. The predicted octanol–water partition coefficient (Wildman–Crippen LogP) is 3.23. The number of fused-ring (bicyclic) bond motifs is 1. The summed E-state index contributed by atoms with van der Waals surface area (Å²) in [5, 5.41) is 9.82. The van der Waals surface area contributed by atoms with Crippen LogP contribution in [0, 0.1) is 17.7 Å². The van der Waals surface area contributed by atoms with E-state index in [0.29, 0.717) is 23.3 Å². The van der Waals surface area contributed by atoms with Crippen LogP contribution in [-0.4, -0.2) is 36.3 Å². The molecule has 0 amide bonds. The molecule has 2 aliphatic rings. The SMILES string of the molecule is COc1ccc(CN2C[C@H]3C[C@@H](O)[C@H]3C2)cc1OCc1cccc(F)c1. The van der Waals surface area contributed by atoms with E-state index in [0.717, 1.165) is 37.2 Å². The average molecular weight is 357 g/mol. The zero-order valence-corrected chi connectivity index (χ0v) is 14.9. The summed E-state index contributed by atoms with van der Waals surface area (Å²) in [6, 6.07) is 12.4. The molecule has 4 nitrogen and oxygen atoms in total. The Morgan fingerprint density at radius 1 is 1.12 bits per heavy atom. The first-order valence-electron chi connectivity index (χ1n) is 9.07. The predicted molar refractivity (Wildman–Crippen MR) is 96.6 cm³/mol. The molecule has 0 aromatic heterocycles. The van der Waals surface area contributed by atoms with E-state index in [1.807, 2.05) is 24.3 Å². The molecule has 2 fully saturated rings. The van der Waals surface area contributed by atoms with Crippen molar-refractivity contribution < 1.29 is 19.0 Å². The van der Waals surface area contributed by atoms with E-state index in [2.05, 4.69) is 4.90 Å². The quantitative estimate of drug-likeness (QED) is 0.862. The van der Waals surface area contributed by atoms with Gasteiger partial charge in [0.2, 0.25) is 0 Å². The van der Waals surface area contributed by atoms with Crippen molar-refractivity contribution in [3.63, 3.8) is 0 Å². The number of ether oxygens (including phenoxy) is 2. The van der Waals surface area contributed by atoms with Crippen LogP contribution in [0.1, 0.15) is 17.5 Å². The lowest BCUT2D eigenvalue weighted by molar-refractivity contribution is -0.00435. The Labute approximate surface area is 153 Å². The lowest BCUT2D eigenvalue weighted by Gasteiger charge is -2.35. The highest BCUT2D eigenvalue weighted by atomic mass is 19.1. The van der Waals surface area contributed by atoms with E-state index >= 15 is 0 Å². The van der Waals surface area contributed by atoms with Gasteiger partial charge in [-0.1, -0.05) is 18.2 Å². The number of methoxy groups -OCH3 is 1. The molecule has 1 N–H and O–H groups in total. The third-order valence-corrected chi connectivity index (χ3v) is 5.52. The molecule has 138 valence electrons. The van der Waals surface area contributed by atoms with Gasteiger partial charge >= 0.3 is 0 Å². The molecular weight excluding hydrogens is 333 g/mol. The van der Waals surface area contributed by atoms with Gasteiger partial charge < -0.3 is 14.6 Å². The smallest absolute Gasteiger partial charge is 0.161 e. The van der Waals surface area contributed by atoms with Crippen molar-refractivity contribution in [1.29, 1.82) is 0 Å². The van der Waals surface area contributed by atoms with Crippen LogP contribution in [0.25, 0.3) is 0 Å². The van der Waals surface area contributed by atoms with Crippen LogP contribution in [0.2, 0.25) is 0 Å². The van der Waals surface area contributed by atoms with Gasteiger partial charge in [0, 0.05) is 25.6 Å². The van der Waals surface area contributed by atoms with Crippen molar-refractivity contribution in [3.05, 3.63) is 59.4 Å². The highest BCUT2D eigenvalue weighted by Crippen LogP contribution is 2.41. The fraction of sp³-hybridized carbons (Fsp3) is 0.429. The Morgan fingerprint density at radius 3 is 2.73 bits per heavy atom. The Balaban J connectivity index is 1.43. The summed E-state index contributed by atoms with van der Waals surface area (Å²) in [5.41, 5.74) is 1.93. The first kappa shape index (κ1) is 17.3. The molecule has 5 heteroatoms. The van der Waals surface area contributed by atoms with Gasteiger partial charge in [0.1, 0.15) is 12.4 Å². The molecule has 0 bridgehead atoms. The summed E-state index contributed by atoms with van der Waals surface area (Å²) in [7, 11) is 1.61. The van der Waals surface area contributed by atoms with Gasteiger partial charge in [0.15, 0.2) is 11.5 Å². The van der Waals surface area contributed by atoms with E-state index in [1.165, 1.54) is 12.1 Å². The van der Waals surface area contributed by atoms with E-state index in [4.69, 9.17) is 9.47 Å². The van der Waals surface area contributed by atoms with Crippen molar-refractivity contribution in [1.82, 2.24) is 4.90 Å². The molecule has 1 saturated heterocycles. The largest absolute Gasteiger partial charge is 0.493 e. The van der Waals surface area contributed by atoms with Gasteiger partial charge in [-0.05, 0) is 47.7 Å². The van der Waals surface area contributed by atoms with Gasteiger partial charge in [0.25, 0.3) is 0 Å². The zero-order chi connectivity index (χ0) is 18.1. The van der Waals surface area contributed by atoms with Crippen molar-refractivity contribution in [2.45, 2.75) is 25.7 Å². The molecule has 1 heterocycles. The van der Waals surface area contributed by atoms with Crippen LogP contribution < -0.4 is 9.47 Å². The molecule has 1 saturated carbocycles. The number of rotatable bonds is 6. The number of aliphatic hydroxyl groups excluding tert-OH is 1. The molecule has 26 heavy (non-hydrogen) atoms. The summed E-state index contributed by atoms with van der Waals surface area (Å²) < 4.78 is 24.6. The van der Waals surface area contributed by atoms with Gasteiger partial charge in [0.05, 0.1) is 13.2 Å². The van der Waals surface area contributed by atoms with E-state index in [9.17, 15) is 9.50 Å². The van der Waals surface area contributed by atoms with Crippen molar-refractivity contribution in [2.75, 3.05) is 20.2 Å². The van der Waals surface area contributed by atoms with Crippen LogP contribution >= 0.6 is 0 Å². The Kier molecular flexibility index (Phi) is 4.83. The number of aliphatic hydroxyl groups is 1. The lowest BCUT2D eigenvalue weighted by atomic mass is 9.74. The second-order valence-electron chi connectivity index (χ2n) is 7.32. The number of halogens is 1. The van der Waals surface area contributed by atoms with Crippen molar-refractivity contribution in [2.24, 2.45) is 11.8 Å². The summed E-state index contributed by atoms with van der Waals surface area (Å²) in [6.07, 6.45) is 0.817. The first-order chi connectivity index (χ1) is 12.6. The van der Waals surface area contributed by atoms with Gasteiger partial charge in [-0.25, -0.2) is 4.39 Å². The molecular formula is C21H24FNO3. The first-order valence-corrected chi connectivity index (χ1v) is 9.07. The molecule has 3 atom stereocenters. The molecule has 1 aliphatic heterocycles. The average Bonchev–Trinajstić information content (AvgIpc) is 2.96. The normalized spacial score (nSPS) is 24.8. The van der Waals surface area contributed by atoms with Crippen LogP contribution in [0.5, 0.6) is 11.5 Å². The molecule has 4 rings (SSSR count). The molecule has 2 aromatic carbocycles. The standard InChI is InChI=1S/C21H24FNO3/c1-25-20-6-5-14(10-23-11-16-9-19(24)18(16)12-23)8-21(20)26-13-15-3-2-4-17(22)7-15/h2-8,16,18-19,24H,9-13H2,1H3/t16-,18+,19-/m1/s1. The minimum atomic E-state index is -0.266. The number of nitrogens with zero attached hydrogens (tertiary/aromatic N) is 1. The molecule has 2 aromatic rings. The minimum absolute atomic E-state index is 0.119. The molecule has 0 radical (unpaired) electrons. The zero-order valence-electron chi connectivity index (χ0n) is 14.9. The summed E-state index contributed by atoms with van der Waals surface area (Å²) in [6.45, 7) is 3.13. The van der Waals surface area contributed by atoms with Gasteiger partial charge in [-0.2, -0.15) is 0 Å². The number of likely N-dealkylation sites (tertiary alicyclic amines) is 1. The summed E-state index contributed by atoms with van der Waals surface area (Å²) >= 11 is 0. The highest BCUT2D eigenvalue weighted by Gasteiger charge is 2.45. The highest BCUT2D eigenvalue weighted by molar-refractivity contribution is 5.43. The third kappa shape index (κ3) is 3.55. The maximum absolute atomic E-state index is 13.3. The second-order valence-corrected chi connectivity index (χ2v) is 7.32. The molecule has 0 spiro atoms. The van der Waals surface area contributed by atoms with Crippen LogP contribution in [0.15, 0.2) is 42.5 Å². The number of benzene rings is 2. The Hall–Kier alpha value is -2.11.